The number of benzene rings is 1. The van der Waals surface area contributed by atoms with Gasteiger partial charge in [0.15, 0.2) is 5.65 Å². The van der Waals surface area contributed by atoms with Crippen LogP contribution in [-0.2, 0) is 6.42 Å². The molecule has 0 spiro atoms. The molecule has 2 aromatic heterocycles. The predicted molar refractivity (Wildman–Crippen MR) is 67.6 cm³/mol. The largest absolute Gasteiger partial charge is 0.333 e. The van der Waals surface area contributed by atoms with E-state index in [4.69, 9.17) is 0 Å². The van der Waals surface area contributed by atoms with Gasteiger partial charge in [-0.25, -0.2) is 19.2 Å². The Morgan fingerprint density at radius 1 is 1.22 bits per heavy atom. The van der Waals surface area contributed by atoms with Crippen molar-refractivity contribution in [3.63, 3.8) is 0 Å². The van der Waals surface area contributed by atoms with Crippen LogP contribution in [0.2, 0.25) is 0 Å². The van der Waals surface area contributed by atoms with Crippen LogP contribution in [0, 0.1) is 6.92 Å². The van der Waals surface area contributed by atoms with Gasteiger partial charge in [-0.2, -0.15) is 0 Å². The Kier molecular flexibility index (Phi) is 2.44. The van der Waals surface area contributed by atoms with Gasteiger partial charge in [0.2, 0.25) is 0 Å². The van der Waals surface area contributed by atoms with Crippen molar-refractivity contribution in [3.8, 4) is 0 Å². The van der Waals surface area contributed by atoms with Crippen LogP contribution in [0.1, 0.15) is 16.8 Å². The molecule has 0 saturated carbocycles. The summed E-state index contributed by atoms with van der Waals surface area (Å²) in [4.78, 5) is 22.4. The van der Waals surface area contributed by atoms with Gasteiger partial charge < -0.3 is 0 Å². The zero-order valence-electron chi connectivity index (χ0n) is 9.92. The molecule has 0 atom stereocenters. The summed E-state index contributed by atoms with van der Waals surface area (Å²) in [5.74, 6) is 0. The van der Waals surface area contributed by atoms with Crippen molar-refractivity contribution in [2.45, 2.75) is 13.3 Å². The number of aromatic nitrogens is 4. The number of nitrogens with zero attached hydrogens (tertiary/aromatic N) is 3. The Hall–Kier alpha value is -2.43. The van der Waals surface area contributed by atoms with E-state index in [-0.39, 0.29) is 5.69 Å². The minimum Gasteiger partial charge on any atom is -0.298 e. The molecule has 18 heavy (non-hydrogen) atoms. The normalized spacial score (nSPS) is 10.9. The Morgan fingerprint density at radius 2 is 2.00 bits per heavy atom. The van der Waals surface area contributed by atoms with E-state index >= 15 is 0 Å². The van der Waals surface area contributed by atoms with Gasteiger partial charge in [0.25, 0.3) is 0 Å². The first-order chi connectivity index (χ1) is 8.74. The molecule has 3 rings (SSSR count). The van der Waals surface area contributed by atoms with E-state index < -0.39 is 0 Å². The minimum atomic E-state index is -0.220. The van der Waals surface area contributed by atoms with Gasteiger partial charge in [0, 0.05) is 6.42 Å². The second kappa shape index (κ2) is 4.10. The number of imidazole rings is 1. The number of H-pyrrole nitrogens is 1. The van der Waals surface area contributed by atoms with E-state index in [1.807, 2.05) is 0 Å². The SMILES string of the molecule is Cc1ccc(Cc2ncn3c(=O)[nH]cnc23)cc1. The van der Waals surface area contributed by atoms with E-state index in [1.165, 1.54) is 22.6 Å². The van der Waals surface area contributed by atoms with Gasteiger partial charge in [-0.3, -0.25) is 4.98 Å². The van der Waals surface area contributed by atoms with Crippen LogP contribution in [0.3, 0.4) is 0 Å². The second-order valence-electron chi connectivity index (χ2n) is 4.25. The van der Waals surface area contributed by atoms with Crippen molar-refractivity contribution in [2.75, 3.05) is 0 Å². The van der Waals surface area contributed by atoms with Crippen LogP contribution in [0.4, 0.5) is 0 Å². The van der Waals surface area contributed by atoms with E-state index in [0.717, 1.165) is 11.3 Å². The van der Waals surface area contributed by atoms with Gasteiger partial charge in [-0.05, 0) is 12.5 Å². The molecule has 2 heterocycles. The number of rotatable bonds is 2. The molecule has 0 aliphatic heterocycles. The number of aromatic amines is 1. The van der Waals surface area contributed by atoms with E-state index in [0.29, 0.717) is 12.1 Å². The van der Waals surface area contributed by atoms with Gasteiger partial charge >= 0.3 is 5.69 Å². The molecular weight excluding hydrogens is 228 g/mol. The first-order valence-electron chi connectivity index (χ1n) is 5.69. The third kappa shape index (κ3) is 1.79. The molecule has 90 valence electrons. The highest BCUT2D eigenvalue weighted by atomic mass is 16.1. The Morgan fingerprint density at radius 3 is 2.78 bits per heavy atom. The van der Waals surface area contributed by atoms with Crippen molar-refractivity contribution in [3.05, 3.63) is 64.2 Å². The fourth-order valence-electron chi connectivity index (χ4n) is 1.91. The quantitative estimate of drug-likeness (QED) is 0.734. The fourth-order valence-corrected chi connectivity index (χ4v) is 1.91. The van der Waals surface area contributed by atoms with Crippen molar-refractivity contribution in [1.82, 2.24) is 19.4 Å². The molecule has 0 fully saturated rings. The molecule has 0 saturated heterocycles. The molecule has 1 aromatic carbocycles. The molecule has 5 nitrogen and oxygen atoms in total. The van der Waals surface area contributed by atoms with Crippen molar-refractivity contribution >= 4 is 5.65 Å². The van der Waals surface area contributed by atoms with Crippen LogP contribution in [-0.4, -0.2) is 19.4 Å². The maximum absolute atomic E-state index is 11.5. The summed E-state index contributed by atoms with van der Waals surface area (Å²) in [7, 11) is 0. The van der Waals surface area contributed by atoms with Crippen molar-refractivity contribution < 1.29 is 0 Å². The van der Waals surface area contributed by atoms with Gasteiger partial charge in [-0.15, -0.1) is 0 Å². The third-order valence-electron chi connectivity index (χ3n) is 2.90. The van der Waals surface area contributed by atoms with Crippen LogP contribution in [0.25, 0.3) is 5.65 Å². The Bertz CT molecular complexity index is 740. The molecule has 0 aliphatic rings. The third-order valence-corrected chi connectivity index (χ3v) is 2.90. The van der Waals surface area contributed by atoms with Crippen LogP contribution in [0.15, 0.2) is 41.7 Å². The molecule has 0 amide bonds. The van der Waals surface area contributed by atoms with Crippen molar-refractivity contribution in [2.24, 2.45) is 0 Å². The molecule has 5 heteroatoms. The van der Waals surface area contributed by atoms with E-state index in [9.17, 15) is 4.79 Å². The lowest BCUT2D eigenvalue weighted by Gasteiger charge is -1.99. The van der Waals surface area contributed by atoms with Crippen LogP contribution < -0.4 is 5.69 Å². The van der Waals surface area contributed by atoms with Crippen LogP contribution >= 0.6 is 0 Å². The minimum absolute atomic E-state index is 0.220. The van der Waals surface area contributed by atoms with E-state index in [2.05, 4.69) is 46.1 Å². The molecule has 0 unspecified atom stereocenters. The lowest BCUT2D eigenvalue weighted by atomic mass is 10.1. The summed E-state index contributed by atoms with van der Waals surface area (Å²) >= 11 is 0. The molecule has 1 N–H and O–H groups in total. The summed E-state index contributed by atoms with van der Waals surface area (Å²) in [5.41, 5.74) is 3.58. The number of nitrogens with one attached hydrogen (secondary N) is 1. The Labute approximate surface area is 103 Å². The molecule has 3 aromatic rings. The maximum Gasteiger partial charge on any atom is 0.333 e. The van der Waals surface area contributed by atoms with Crippen molar-refractivity contribution in [1.29, 1.82) is 0 Å². The zero-order valence-corrected chi connectivity index (χ0v) is 9.92. The lowest BCUT2D eigenvalue weighted by molar-refractivity contribution is 0.947. The number of hydrogen-bond acceptors (Lipinski definition) is 3. The van der Waals surface area contributed by atoms with Gasteiger partial charge in [0.05, 0.1) is 12.0 Å². The summed E-state index contributed by atoms with van der Waals surface area (Å²) in [6.45, 7) is 2.05. The maximum atomic E-state index is 11.5. The monoisotopic (exact) mass is 240 g/mol. The number of hydrogen-bond donors (Lipinski definition) is 1. The molecule has 0 aliphatic carbocycles. The standard InChI is InChI=1S/C13H12N4O/c1-9-2-4-10(5-3-9)6-11-12-14-7-15-13(18)17(12)8-16-11/h2-5,7-8H,6H2,1H3,(H,14,15,18). The highest BCUT2D eigenvalue weighted by Crippen LogP contribution is 2.11. The predicted octanol–water partition coefficient (Wildman–Crippen LogP) is 1.32. The number of aryl methyl sites for hydroxylation is 1. The molecular formula is C13H12N4O. The summed E-state index contributed by atoms with van der Waals surface area (Å²) < 4.78 is 1.42. The van der Waals surface area contributed by atoms with Gasteiger partial charge in [0.1, 0.15) is 6.33 Å². The average Bonchev–Trinajstić information content (AvgIpc) is 2.77. The summed E-state index contributed by atoms with van der Waals surface area (Å²) in [6, 6.07) is 8.25. The molecule has 0 radical (unpaired) electrons. The smallest absolute Gasteiger partial charge is 0.298 e. The Balaban J connectivity index is 2.03. The summed E-state index contributed by atoms with van der Waals surface area (Å²) in [5, 5.41) is 0. The molecule has 0 bridgehead atoms. The first-order valence-corrected chi connectivity index (χ1v) is 5.69. The highest BCUT2D eigenvalue weighted by Gasteiger charge is 2.08. The topological polar surface area (TPSA) is 63.1 Å². The summed E-state index contributed by atoms with van der Waals surface area (Å²) in [6.07, 6.45) is 3.58. The fraction of sp³-hybridized carbons (Fsp3) is 0.154. The van der Waals surface area contributed by atoms with Gasteiger partial charge in [-0.1, -0.05) is 29.8 Å². The first kappa shape index (κ1) is 10.7. The zero-order chi connectivity index (χ0) is 12.5. The van der Waals surface area contributed by atoms with Crippen LogP contribution in [0.5, 0.6) is 0 Å². The highest BCUT2D eigenvalue weighted by molar-refractivity contribution is 5.45. The van der Waals surface area contributed by atoms with E-state index in [1.54, 1.807) is 0 Å². The number of fused-ring (bicyclic) bond motifs is 1. The lowest BCUT2D eigenvalue weighted by Crippen LogP contribution is -2.15. The average molecular weight is 240 g/mol. The second-order valence-corrected chi connectivity index (χ2v) is 4.25.